The first kappa shape index (κ1) is 28.9. The molecule has 9 nitrogen and oxygen atoms in total. The van der Waals surface area contributed by atoms with E-state index in [1.807, 2.05) is 4.90 Å². The normalized spacial score (nSPS) is 13.6. The van der Waals surface area contributed by atoms with Crippen LogP contribution in [0.15, 0.2) is 66.9 Å². The molecule has 1 aliphatic rings. The Hall–Kier alpha value is -4.09. The summed E-state index contributed by atoms with van der Waals surface area (Å²) in [5, 5.41) is 8.58. The van der Waals surface area contributed by atoms with Crippen molar-refractivity contribution in [3.05, 3.63) is 78.2 Å². The number of hydrogen-bond donors (Lipinski definition) is 3. The lowest BCUT2D eigenvalue weighted by molar-refractivity contribution is -0.119. The van der Waals surface area contributed by atoms with Crippen LogP contribution in [-0.2, 0) is 11.2 Å². The number of hydrogen-bond acceptors (Lipinski definition) is 6. The van der Waals surface area contributed by atoms with Crippen LogP contribution in [-0.4, -0.2) is 65.6 Å². The number of aromatic nitrogens is 1. The summed E-state index contributed by atoms with van der Waals surface area (Å²) in [6.45, 7) is 2.49. The molecule has 1 aromatic heterocycles. The molecule has 1 aliphatic heterocycles. The highest BCUT2D eigenvalue weighted by atomic mass is 32.1. The maximum atomic E-state index is 13.0. The van der Waals surface area contributed by atoms with Gasteiger partial charge in [0.2, 0.25) is 5.91 Å². The zero-order chi connectivity index (χ0) is 28.5. The van der Waals surface area contributed by atoms with Crippen LogP contribution in [0.5, 0.6) is 11.5 Å². The second-order valence-electron chi connectivity index (χ2n) is 9.93. The summed E-state index contributed by atoms with van der Waals surface area (Å²) in [6, 6.07) is 16.0. The topological polar surface area (TPSA) is 98.8 Å². The van der Waals surface area contributed by atoms with Crippen molar-refractivity contribution in [1.82, 2.24) is 20.1 Å². The number of likely N-dealkylation sites (tertiary alicyclic amines) is 1. The molecule has 4 rings (SSSR count). The van der Waals surface area contributed by atoms with Crippen LogP contribution in [0.25, 0.3) is 0 Å². The van der Waals surface area contributed by atoms with E-state index in [0.29, 0.717) is 34.5 Å². The van der Waals surface area contributed by atoms with Crippen molar-refractivity contribution in [2.24, 2.45) is 5.92 Å². The third-order valence-corrected chi connectivity index (χ3v) is 6.57. The molecule has 2 aromatic carbocycles. The smallest absolute Gasteiger partial charge is 0.323 e. The summed E-state index contributed by atoms with van der Waals surface area (Å²) in [7, 11) is 4.14. The Labute approximate surface area is 238 Å². The molecule has 1 saturated heterocycles. The number of urea groups is 1. The van der Waals surface area contributed by atoms with E-state index in [0.717, 1.165) is 32.5 Å². The maximum Gasteiger partial charge on any atom is 0.323 e. The Balaban J connectivity index is 1.24. The average molecular weight is 565 g/mol. The van der Waals surface area contributed by atoms with Gasteiger partial charge < -0.3 is 25.2 Å². The molecule has 0 unspecified atom stereocenters. The molecule has 0 bridgehead atoms. The van der Waals surface area contributed by atoms with Crippen molar-refractivity contribution >= 4 is 40.8 Å². The van der Waals surface area contributed by atoms with Crippen molar-refractivity contribution in [3.8, 4) is 11.5 Å². The van der Waals surface area contributed by atoms with E-state index in [1.165, 1.54) is 12.1 Å². The number of nitrogens with one attached hydrogen (secondary N) is 3. The number of amides is 3. The van der Waals surface area contributed by atoms with Crippen LogP contribution in [0.2, 0.25) is 0 Å². The number of pyridine rings is 1. The molecule has 3 amide bonds. The van der Waals surface area contributed by atoms with E-state index >= 15 is 0 Å². The van der Waals surface area contributed by atoms with Crippen molar-refractivity contribution < 1.29 is 18.7 Å². The minimum Gasteiger partial charge on any atom is -0.457 e. The highest BCUT2D eigenvalue weighted by Crippen LogP contribution is 2.25. The van der Waals surface area contributed by atoms with Crippen molar-refractivity contribution in [3.63, 3.8) is 0 Å². The van der Waals surface area contributed by atoms with Gasteiger partial charge in [0.1, 0.15) is 23.1 Å². The molecule has 0 radical (unpaired) electrons. The van der Waals surface area contributed by atoms with E-state index in [1.54, 1.807) is 54.7 Å². The predicted octanol–water partition coefficient (Wildman–Crippen LogP) is 4.87. The molecule has 0 aliphatic carbocycles. The van der Waals surface area contributed by atoms with E-state index in [2.05, 4.69) is 39.9 Å². The van der Waals surface area contributed by atoms with Gasteiger partial charge in [-0.05, 0) is 93.1 Å². The second kappa shape index (κ2) is 13.8. The number of carbonyl (C=O) groups is 2. The second-order valence-corrected chi connectivity index (χ2v) is 10.3. The first-order chi connectivity index (χ1) is 19.2. The number of ether oxygens (including phenoxy) is 1. The lowest BCUT2D eigenvalue weighted by Crippen LogP contribution is -2.42. The van der Waals surface area contributed by atoms with Gasteiger partial charge in [0.15, 0.2) is 5.11 Å². The molecular formula is C29H33FN6O3S. The summed E-state index contributed by atoms with van der Waals surface area (Å²) in [4.78, 5) is 33.2. The number of rotatable bonds is 8. The van der Waals surface area contributed by atoms with Gasteiger partial charge in [-0.1, -0.05) is 12.1 Å². The summed E-state index contributed by atoms with van der Waals surface area (Å²) < 4.78 is 19.0. The highest BCUT2D eigenvalue weighted by molar-refractivity contribution is 7.80. The van der Waals surface area contributed by atoms with Gasteiger partial charge in [-0.3, -0.25) is 10.1 Å². The largest absolute Gasteiger partial charge is 0.457 e. The third-order valence-electron chi connectivity index (χ3n) is 6.37. The average Bonchev–Trinajstić information content (AvgIpc) is 2.91. The zero-order valence-electron chi connectivity index (χ0n) is 22.5. The molecule has 0 saturated carbocycles. The van der Waals surface area contributed by atoms with Crippen molar-refractivity contribution in [2.45, 2.75) is 19.3 Å². The summed E-state index contributed by atoms with van der Waals surface area (Å²) >= 11 is 5.22. The van der Waals surface area contributed by atoms with Crippen LogP contribution < -0.4 is 20.7 Å². The Bertz CT molecular complexity index is 1310. The molecule has 0 atom stereocenters. The Kier molecular flexibility index (Phi) is 9.98. The molecule has 11 heteroatoms. The minimum absolute atomic E-state index is 0.0819. The third kappa shape index (κ3) is 8.99. The van der Waals surface area contributed by atoms with Gasteiger partial charge in [-0.25, -0.2) is 14.2 Å². The maximum absolute atomic E-state index is 13.0. The van der Waals surface area contributed by atoms with Crippen LogP contribution in [0.1, 0.15) is 18.4 Å². The zero-order valence-corrected chi connectivity index (χ0v) is 23.3. The van der Waals surface area contributed by atoms with E-state index in [9.17, 15) is 14.0 Å². The molecule has 210 valence electrons. The Morgan fingerprint density at radius 2 is 1.73 bits per heavy atom. The van der Waals surface area contributed by atoms with Gasteiger partial charge >= 0.3 is 6.03 Å². The van der Waals surface area contributed by atoms with Gasteiger partial charge in [0.05, 0.1) is 6.42 Å². The minimum atomic E-state index is -0.355. The number of piperidine rings is 1. The van der Waals surface area contributed by atoms with Crippen LogP contribution in [0.3, 0.4) is 0 Å². The van der Waals surface area contributed by atoms with Gasteiger partial charge in [0, 0.05) is 37.6 Å². The van der Waals surface area contributed by atoms with Crippen LogP contribution in [0, 0.1) is 11.7 Å². The summed E-state index contributed by atoms with van der Waals surface area (Å²) in [5.41, 5.74) is 1.35. The van der Waals surface area contributed by atoms with Crippen LogP contribution in [0.4, 0.5) is 20.7 Å². The molecular weight excluding hydrogens is 531 g/mol. The molecule has 0 spiro atoms. The van der Waals surface area contributed by atoms with Gasteiger partial charge in [-0.15, -0.1) is 0 Å². The quantitative estimate of drug-likeness (QED) is 0.336. The lowest BCUT2D eigenvalue weighted by atomic mass is 9.97. The predicted molar refractivity (Wildman–Crippen MR) is 157 cm³/mol. The number of anilines is 2. The molecule has 3 N–H and O–H groups in total. The summed E-state index contributed by atoms with van der Waals surface area (Å²) in [6.07, 6.45) is 3.63. The Morgan fingerprint density at radius 3 is 2.40 bits per heavy atom. The van der Waals surface area contributed by atoms with Crippen LogP contribution >= 0.6 is 12.2 Å². The molecule has 2 heterocycles. The summed E-state index contributed by atoms with van der Waals surface area (Å²) in [5.74, 6) is 1.46. The number of halogens is 1. The fourth-order valence-corrected chi connectivity index (χ4v) is 4.66. The number of nitrogens with zero attached hydrogens (tertiary/aromatic N) is 3. The first-order valence-corrected chi connectivity index (χ1v) is 13.4. The van der Waals surface area contributed by atoms with Crippen molar-refractivity contribution in [1.29, 1.82) is 0 Å². The van der Waals surface area contributed by atoms with E-state index in [-0.39, 0.29) is 29.3 Å². The molecule has 3 aromatic rings. The van der Waals surface area contributed by atoms with Gasteiger partial charge in [-0.2, -0.15) is 0 Å². The standard InChI is InChI=1S/C29H33FN6O3S/c1-35(2)19-21-12-15-36(16-13-21)29(38)33-26-18-25(11-14-31-26)39-24-9-7-23(8-10-24)32-28(40)34-27(37)17-20-3-5-22(30)6-4-20/h3-11,14,18,21H,12-13,15-17,19H2,1-2H3,(H,31,33,38)(H2,32,34,37,40). The fraction of sp³-hybridized carbons (Fsp3) is 0.310. The number of carbonyl (C=O) groups excluding carboxylic acids is 2. The first-order valence-electron chi connectivity index (χ1n) is 13.0. The number of benzene rings is 2. The fourth-order valence-electron chi connectivity index (χ4n) is 4.43. The highest BCUT2D eigenvalue weighted by Gasteiger charge is 2.23. The Morgan fingerprint density at radius 1 is 1.02 bits per heavy atom. The van der Waals surface area contributed by atoms with E-state index in [4.69, 9.17) is 17.0 Å². The SMILES string of the molecule is CN(C)CC1CCN(C(=O)Nc2cc(Oc3ccc(NC(=S)NC(=O)Cc4ccc(F)cc4)cc3)ccn2)CC1. The molecule has 1 fully saturated rings. The van der Waals surface area contributed by atoms with Gasteiger partial charge in [0.25, 0.3) is 0 Å². The molecule has 40 heavy (non-hydrogen) atoms. The lowest BCUT2D eigenvalue weighted by Gasteiger charge is -2.33. The monoisotopic (exact) mass is 564 g/mol. The number of thiocarbonyl (C=S) groups is 1. The van der Waals surface area contributed by atoms with Crippen molar-refractivity contribution in [2.75, 3.05) is 44.4 Å². The van der Waals surface area contributed by atoms with E-state index < -0.39 is 0 Å².